The quantitative estimate of drug-likeness (QED) is 0.874. The number of carbonyl (C=O) groups excluding carboxylic acids is 1. The summed E-state index contributed by atoms with van der Waals surface area (Å²) < 4.78 is 5.75. The van der Waals surface area contributed by atoms with Crippen LogP contribution in [-0.2, 0) is 6.54 Å². The van der Waals surface area contributed by atoms with Crippen molar-refractivity contribution in [2.75, 3.05) is 7.05 Å². The molecule has 0 saturated carbocycles. The summed E-state index contributed by atoms with van der Waals surface area (Å²) in [6, 6.07) is 3.59. The Bertz CT molecular complexity index is 511. The summed E-state index contributed by atoms with van der Waals surface area (Å²) >= 11 is 3.29. The zero-order valence-corrected chi connectivity index (χ0v) is 10.8. The topological polar surface area (TPSA) is 46.3 Å². The fraction of sp³-hybridized carbons (Fsp3) is 0.167. The first kappa shape index (κ1) is 11.9. The van der Waals surface area contributed by atoms with Gasteiger partial charge in [0.2, 0.25) is 0 Å². The predicted molar refractivity (Wildman–Crippen MR) is 66.4 cm³/mol. The Morgan fingerprint density at radius 2 is 2.35 bits per heavy atom. The molecular formula is C12H11BrN2O2. The molecule has 0 aromatic carbocycles. The smallest absolute Gasteiger partial charge is 0.255 e. The van der Waals surface area contributed by atoms with E-state index in [2.05, 4.69) is 20.9 Å². The van der Waals surface area contributed by atoms with Crippen molar-refractivity contribution in [2.45, 2.75) is 6.54 Å². The van der Waals surface area contributed by atoms with Gasteiger partial charge in [0.15, 0.2) is 0 Å². The second-order valence-corrected chi connectivity index (χ2v) is 4.60. The molecule has 0 atom stereocenters. The lowest BCUT2D eigenvalue weighted by molar-refractivity contribution is 0.0784. The van der Waals surface area contributed by atoms with Crippen LogP contribution in [0.1, 0.15) is 15.9 Å². The summed E-state index contributed by atoms with van der Waals surface area (Å²) in [4.78, 5) is 17.6. The number of carbonyl (C=O) groups is 1. The van der Waals surface area contributed by atoms with Gasteiger partial charge in [0, 0.05) is 36.0 Å². The molecule has 0 aliphatic carbocycles. The van der Waals surface area contributed by atoms with Crippen LogP contribution in [0.15, 0.2) is 45.9 Å². The van der Waals surface area contributed by atoms with Crippen LogP contribution in [0.5, 0.6) is 0 Å². The Labute approximate surface area is 107 Å². The molecule has 0 saturated heterocycles. The third-order valence-electron chi connectivity index (χ3n) is 2.30. The van der Waals surface area contributed by atoms with Crippen molar-refractivity contribution < 1.29 is 9.21 Å². The molecule has 2 rings (SSSR count). The van der Waals surface area contributed by atoms with Crippen molar-refractivity contribution in [3.8, 4) is 0 Å². The molecular weight excluding hydrogens is 284 g/mol. The minimum absolute atomic E-state index is 0.0694. The van der Waals surface area contributed by atoms with Crippen LogP contribution in [0.2, 0.25) is 0 Å². The van der Waals surface area contributed by atoms with E-state index in [1.54, 1.807) is 42.9 Å². The maximum absolute atomic E-state index is 12.1. The summed E-state index contributed by atoms with van der Waals surface area (Å²) in [7, 11) is 1.75. The molecule has 0 unspecified atom stereocenters. The van der Waals surface area contributed by atoms with Gasteiger partial charge in [0.25, 0.3) is 5.91 Å². The minimum atomic E-state index is -0.0694. The molecule has 2 aromatic heterocycles. The van der Waals surface area contributed by atoms with E-state index in [1.807, 2.05) is 6.07 Å². The van der Waals surface area contributed by atoms with E-state index >= 15 is 0 Å². The second kappa shape index (κ2) is 5.14. The molecule has 0 aliphatic rings. The molecule has 0 radical (unpaired) electrons. The molecule has 4 nitrogen and oxygen atoms in total. The Morgan fingerprint density at radius 3 is 3.00 bits per heavy atom. The number of nitrogens with zero attached hydrogens (tertiary/aromatic N) is 2. The summed E-state index contributed by atoms with van der Waals surface area (Å²) in [6.45, 7) is 0.516. The van der Waals surface area contributed by atoms with Gasteiger partial charge in [-0.1, -0.05) is 0 Å². The normalized spacial score (nSPS) is 10.2. The highest BCUT2D eigenvalue weighted by molar-refractivity contribution is 9.10. The van der Waals surface area contributed by atoms with E-state index in [1.165, 1.54) is 0 Å². The SMILES string of the molecule is CN(Cc1ccoc1)C(=O)c1cncc(Br)c1. The maximum Gasteiger partial charge on any atom is 0.255 e. The monoisotopic (exact) mass is 294 g/mol. The van der Waals surface area contributed by atoms with E-state index in [0.29, 0.717) is 12.1 Å². The largest absolute Gasteiger partial charge is 0.472 e. The van der Waals surface area contributed by atoms with Gasteiger partial charge in [0.05, 0.1) is 18.1 Å². The molecule has 0 bridgehead atoms. The number of aromatic nitrogens is 1. The number of halogens is 1. The summed E-state index contributed by atoms with van der Waals surface area (Å²) in [5.41, 5.74) is 1.52. The van der Waals surface area contributed by atoms with Crippen molar-refractivity contribution in [3.05, 3.63) is 52.7 Å². The molecule has 1 amide bonds. The fourth-order valence-corrected chi connectivity index (χ4v) is 1.84. The molecule has 17 heavy (non-hydrogen) atoms. The van der Waals surface area contributed by atoms with Gasteiger partial charge >= 0.3 is 0 Å². The fourth-order valence-electron chi connectivity index (χ4n) is 1.48. The zero-order valence-electron chi connectivity index (χ0n) is 9.26. The minimum Gasteiger partial charge on any atom is -0.472 e. The summed E-state index contributed by atoms with van der Waals surface area (Å²) in [5.74, 6) is -0.0694. The van der Waals surface area contributed by atoms with Crippen LogP contribution in [0.3, 0.4) is 0 Å². The van der Waals surface area contributed by atoms with Gasteiger partial charge in [-0.25, -0.2) is 0 Å². The number of pyridine rings is 1. The lowest BCUT2D eigenvalue weighted by Crippen LogP contribution is -2.26. The molecule has 2 heterocycles. The third kappa shape index (κ3) is 2.94. The van der Waals surface area contributed by atoms with E-state index in [0.717, 1.165) is 10.0 Å². The Hall–Kier alpha value is -1.62. The van der Waals surface area contributed by atoms with E-state index in [9.17, 15) is 4.79 Å². The van der Waals surface area contributed by atoms with Crippen molar-refractivity contribution >= 4 is 21.8 Å². The first-order valence-electron chi connectivity index (χ1n) is 5.04. The molecule has 5 heteroatoms. The lowest BCUT2D eigenvalue weighted by Gasteiger charge is -2.15. The first-order valence-corrected chi connectivity index (χ1v) is 5.83. The van der Waals surface area contributed by atoms with Gasteiger partial charge in [-0.2, -0.15) is 0 Å². The van der Waals surface area contributed by atoms with E-state index < -0.39 is 0 Å². The average molecular weight is 295 g/mol. The average Bonchev–Trinajstić information content (AvgIpc) is 2.80. The molecule has 88 valence electrons. The van der Waals surface area contributed by atoms with Crippen LogP contribution in [-0.4, -0.2) is 22.8 Å². The van der Waals surface area contributed by atoms with Crippen molar-refractivity contribution in [3.63, 3.8) is 0 Å². The lowest BCUT2D eigenvalue weighted by atomic mass is 10.2. The third-order valence-corrected chi connectivity index (χ3v) is 2.73. The predicted octanol–water partition coefficient (Wildman–Crippen LogP) is 2.71. The van der Waals surface area contributed by atoms with Gasteiger partial charge < -0.3 is 9.32 Å². The molecule has 0 spiro atoms. The highest BCUT2D eigenvalue weighted by Crippen LogP contribution is 2.12. The highest BCUT2D eigenvalue weighted by Gasteiger charge is 2.13. The van der Waals surface area contributed by atoms with Crippen molar-refractivity contribution in [2.24, 2.45) is 0 Å². The maximum atomic E-state index is 12.1. The van der Waals surface area contributed by atoms with E-state index in [-0.39, 0.29) is 5.91 Å². The van der Waals surface area contributed by atoms with Crippen LogP contribution in [0.4, 0.5) is 0 Å². The number of hydrogen-bond acceptors (Lipinski definition) is 3. The highest BCUT2D eigenvalue weighted by atomic mass is 79.9. The summed E-state index contributed by atoms with van der Waals surface area (Å²) in [5, 5.41) is 0. The number of furan rings is 1. The van der Waals surface area contributed by atoms with Crippen LogP contribution < -0.4 is 0 Å². The van der Waals surface area contributed by atoms with Gasteiger partial charge in [-0.15, -0.1) is 0 Å². The zero-order chi connectivity index (χ0) is 12.3. The van der Waals surface area contributed by atoms with E-state index in [4.69, 9.17) is 4.42 Å². The van der Waals surface area contributed by atoms with Crippen LogP contribution in [0, 0.1) is 0 Å². The van der Waals surface area contributed by atoms with Crippen molar-refractivity contribution in [1.82, 2.24) is 9.88 Å². The summed E-state index contributed by atoms with van der Waals surface area (Å²) in [6.07, 6.45) is 6.42. The molecule has 2 aromatic rings. The Kier molecular flexibility index (Phi) is 3.58. The van der Waals surface area contributed by atoms with Crippen LogP contribution in [0.25, 0.3) is 0 Å². The number of amides is 1. The van der Waals surface area contributed by atoms with Crippen LogP contribution >= 0.6 is 15.9 Å². The molecule has 0 aliphatic heterocycles. The Morgan fingerprint density at radius 1 is 1.53 bits per heavy atom. The van der Waals surface area contributed by atoms with Crippen molar-refractivity contribution in [1.29, 1.82) is 0 Å². The standard InChI is InChI=1S/C12H11BrN2O2/c1-15(7-9-2-3-17-8-9)12(16)10-4-11(13)6-14-5-10/h2-6,8H,7H2,1H3. The van der Waals surface area contributed by atoms with Gasteiger partial charge in [0.1, 0.15) is 0 Å². The molecule has 0 fully saturated rings. The first-order chi connectivity index (χ1) is 8.16. The number of hydrogen-bond donors (Lipinski definition) is 0. The molecule has 0 N–H and O–H groups in total. The Balaban J connectivity index is 2.09. The number of rotatable bonds is 3. The van der Waals surface area contributed by atoms with Gasteiger partial charge in [-0.05, 0) is 28.1 Å². The van der Waals surface area contributed by atoms with Gasteiger partial charge in [-0.3, -0.25) is 9.78 Å². The second-order valence-electron chi connectivity index (χ2n) is 3.68.